The van der Waals surface area contributed by atoms with Crippen molar-refractivity contribution in [3.05, 3.63) is 52.8 Å². The monoisotopic (exact) mass is 820 g/mol. The summed E-state index contributed by atoms with van der Waals surface area (Å²) in [4.78, 5) is 56.4. The molecule has 320 valence electrons. The molecule has 0 radical (unpaired) electrons. The molecule has 1 amide bonds. The Morgan fingerprint density at radius 1 is 0.983 bits per heavy atom. The van der Waals surface area contributed by atoms with E-state index in [9.17, 15) is 39.6 Å². The maximum absolute atomic E-state index is 14.4. The fraction of sp³-hybridized carbons (Fsp3) is 0.512. The molecule has 5 bridgehead atoms. The molecule has 0 saturated carbocycles. The molecule has 0 aromatic heterocycles. The van der Waals surface area contributed by atoms with Crippen molar-refractivity contribution in [3.63, 3.8) is 0 Å². The van der Waals surface area contributed by atoms with Gasteiger partial charge in [-0.1, -0.05) is 45.9 Å². The van der Waals surface area contributed by atoms with Crippen LogP contribution < -0.4 is 10.1 Å². The highest BCUT2D eigenvalue weighted by atomic mass is 16.7. The third-order valence-corrected chi connectivity index (χ3v) is 11.6. The number of aliphatic hydroxyl groups excluding tert-OH is 1. The number of phenolic OH excluding ortho intramolecular Hbond substituents is 3. The number of nitrogens with zero attached hydrogens (tertiary/aromatic N) is 3. The number of piperazine rings is 1. The Morgan fingerprint density at radius 3 is 2.27 bits per heavy atom. The van der Waals surface area contributed by atoms with Crippen LogP contribution in [-0.4, -0.2) is 124 Å². The number of methoxy groups -OCH3 is 1. The molecule has 2 aromatic carbocycles. The van der Waals surface area contributed by atoms with Crippen molar-refractivity contribution < 1.29 is 58.6 Å². The van der Waals surface area contributed by atoms with E-state index in [1.54, 1.807) is 44.9 Å². The number of hydrogen-bond donors (Lipinski definition) is 5. The van der Waals surface area contributed by atoms with E-state index in [2.05, 4.69) is 15.3 Å². The molecular formula is C43H56N4O12. The molecule has 16 nitrogen and oxygen atoms in total. The summed E-state index contributed by atoms with van der Waals surface area (Å²) >= 11 is 0. The largest absolute Gasteiger partial charge is 0.507 e. The van der Waals surface area contributed by atoms with Gasteiger partial charge in [0, 0.05) is 81.4 Å². The summed E-state index contributed by atoms with van der Waals surface area (Å²) < 4.78 is 23.5. The van der Waals surface area contributed by atoms with Gasteiger partial charge >= 0.3 is 11.8 Å². The molecule has 1 fully saturated rings. The van der Waals surface area contributed by atoms with Crippen LogP contribution in [0.3, 0.4) is 0 Å². The lowest BCUT2D eigenvalue weighted by molar-refractivity contribution is -0.158. The minimum Gasteiger partial charge on any atom is -0.507 e. The summed E-state index contributed by atoms with van der Waals surface area (Å²) in [7, 11) is 3.39. The molecule has 4 heterocycles. The van der Waals surface area contributed by atoms with E-state index in [0.717, 1.165) is 0 Å². The molecule has 4 aliphatic rings. The minimum absolute atomic E-state index is 0.0477. The Bertz CT molecular complexity index is 2120. The Morgan fingerprint density at radius 2 is 1.64 bits per heavy atom. The molecular weight excluding hydrogens is 764 g/mol. The molecule has 0 spiro atoms. The van der Waals surface area contributed by atoms with E-state index in [4.69, 9.17) is 18.9 Å². The lowest BCUT2D eigenvalue weighted by Crippen LogP contribution is -2.44. The predicted octanol–water partition coefficient (Wildman–Crippen LogP) is 4.54. The first-order chi connectivity index (χ1) is 27.7. The number of nitrogens with one attached hydrogen (secondary N) is 1. The van der Waals surface area contributed by atoms with Crippen LogP contribution in [0, 0.1) is 30.6 Å². The number of anilines is 1. The second-order valence-corrected chi connectivity index (χ2v) is 15.9. The zero-order chi connectivity index (χ0) is 43.7. The molecule has 2 aromatic rings. The van der Waals surface area contributed by atoms with E-state index >= 15 is 0 Å². The zero-order valence-electron chi connectivity index (χ0n) is 35.2. The number of carbonyl (C=O) groups is 4. The van der Waals surface area contributed by atoms with E-state index in [1.807, 2.05) is 7.05 Å². The van der Waals surface area contributed by atoms with Gasteiger partial charge in [0.1, 0.15) is 29.1 Å². The number of Topliss-reactive ketones (excluding diaryl/α,β-unsaturated/α-hetero) is 2. The number of ether oxygens (including phenoxy) is 4. The number of ketones is 2. The number of phenols is 3. The smallest absolute Gasteiger partial charge is 0.312 e. The first-order valence-electron chi connectivity index (χ1n) is 19.6. The number of likely N-dealkylation sites (N-methyl/N-ethyl adjacent to an activating group) is 1. The average molecular weight is 821 g/mol. The third-order valence-electron chi connectivity index (χ3n) is 11.6. The van der Waals surface area contributed by atoms with Crippen LogP contribution in [0.15, 0.2) is 41.2 Å². The number of benzene rings is 2. The van der Waals surface area contributed by atoms with Crippen LogP contribution in [0.5, 0.6) is 23.0 Å². The molecule has 4 aliphatic heterocycles. The van der Waals surface area contributed by atoms with Gasteiger partial charge in [0.25, 0.3) is 11.7 Å². The van der Waals surface area contributed by atoms with Gasteiger partial charge in [-0.05, 0) is 27.0 Å². The number of aliphatic hydroxyl groups is 1. The van der Waals surface area contributed by atoms with Crippen LogP contribution >= 0.6 is 0 Å². The summed E-state index contributed by atoms with van der Waals surface area (Å²) in [5, 5.41) is 55.2. The number of allylic oxidation sites excluding steroid dienone is 2. The van der Waals surface area contributed by atoms with E-state index in [-0.39, 0.29) is 50.3 Å². The van der Waals surface area contributed by atoms with Gasteiger partial charge in [-0.2, -0.15) is 5.10 Å². The number of amides is 1. The van der Waals surface area contributed by atoms with Crippen molar-refractivity contribution in [1.82, 2.24) is 9.91 Å². The van der Waals surface area contributed by atoms with Gasteiger partial charge in [-0.3, -0.25) is 24.2 Å². The molecule has 0 aliphatic carbocycles. The number of fused-ring (bicyclic) bond motifs is 14. The van der Waals surface area contributed by atoms with Gasteiger partial charge in [-0.25, -0.2) is 0 Å². The number of aromatic hydroxyl groups is 3. The summed E-state index contributed by atoms with van der Waals surface area (Å²) in [5.41, 5.74) is -0.403. The second-order valence-electron chi connectivity index (χ2n) is 15.9. The molecule has 0 unspecified atom stereocenters. The van der Waals surface area contributed by atoms with Gasteiger partial charge in [0.2, 0.25) is 0 Å². The minimum atomic E-state index is -2.06. The van der Waals surface area contributed by atoms with Crippen molar-refractivity contribution in [3.8, 4) is 23.0 Å². The zero-order valence-corrected chi connectivity index (χ0v) is 35.2. The van der Waals surface area contributed by atoms with Crippen LogP contribution in [0.1, 0.15) is 70.0 Å². The quantitative estimate of drug-likeness (QED) is 0.124. The average Bonchev–Trinajstić information content (AvgIpc) is 3.46. The normalized spacial score (nSPS) is 30.8. The van der Waals surface area contributed by atoms with E-state index < -0.39 is 82.7 Å². The first kappa shape index (κ1) is 44.6. The number of carbonyl (C=O) groups excluding carboxylic acids is 4. The van der Waals surface area contributed by atoms with E-state index in [1.165, 1.54) is 59.4 Å². The molecule has 8 atom stereocenters. The van der Waals surface area contributed by atoms with Gasteiger partial charge in [0.15, 0.2) is 5.75 Å². The molecule has 16 heteroatoms. The molecule has 6 rings (SSSR count). The van der Waals surface area contributed by atoms with Crippen LogP contribution in [0.4, 0.5) is 5.69 Å². The highest BCUT2D eigenvalue weighted by molar-refractivity contribution is 6.23. The summed E-state index contributed by atoms with van der Waals surface area (Å²) in [6, 6.07) is 0. The van der Waals surface area contributed by atoms with Crippen molar-refractivity contribution in [1.29, 1.82) is 0 Å². The highest BCUT2D eigenvalue weighted by Gasteiger charge is 2.50. The van der Waals surface area contributed by atoms with Crippen molar-refractivity contribution >= 4 is 46.1 Å². The van der Waals surface area contributed by atoms with Gasteiger partial charge in [0.05, 0.1) is 52.8 Å². The maximum Gasteiger partial charge on any atom is 0.312 e. The van der Waals surface area contributed by atoms with Crippen molar-refractivity contribution in [2.24, 2.45) is 28.8 Å². The number of hydrogen-bond acceptors (Lipinski definition) is 15. The molecule has 1 saturated heterocycles. The van der Waals surface area contributed by atoms with Crippen LogP contribution in [0.2, 0.25) is 0 Å². The summed E-state index contributed by atoms with van der Waals surface area (Å²) in [6.45, 7) is 14.7. The van der Waals surface area contributed by atoms with Gasteiger partial charge < -0.3 is 49.6 Å². The van der Waals surface area contributed by atoms with Crippen LogP contribution in [0.25, 0.3) is 10.8 Å². The number of esters is 1. The lowest BCUT2D eigenvalue weighted by atomic mass is 9.79. The predicted molar refractivity (Wildman–Crippen MR) is 219 cm³/mol. The van der Waals surface area contributed by atoms with Crippen molar-refractivity contribution in [2.75, 3.05) is 45.7 Å². The van der Waals surface area contributed by atoms with Crippen LogP contribution in [-0.2, 0) is 28.6 Å². The number of rotatable bonds is 4. The lowest BCUT2D eigenvalue weighted by Gasteiger charge is -2.34. The maximum atomic E-state index is 14.4. The highest BCUT2D eigenvalue weighted by Crippen LogP contribution is 2.55. The van der Waals surface area contributed by atoms with Gasteiger partial charge in [-0.15, -0.1) is 0 Å². The number of hydrazone groups is 1. The summed E-state index contributed by atoms with van der Waals surface area (Å²) in [6.07, 6.45) is 5.61. The topological polar surface area (TPSA) is 217 Å². The Labute approximate surface area is 343 Å². The van der Waals surface area contributed by atoms with E-state index in [0.29, 0.717) is 26.2 Å². The Kier molecular flexibility index (Phi) is 13.5. The fourth-order valence-corrected chi connectivity index (χ4v) is 7.74. The summed E-state index contributed by atoms with van der Waals surface area (Å²) in [5.74, 6) is -9.32. The second kappa shape index (κ2) is 17.8. The molecule has 59 heavy (non-hydrogen) atoms. The Balaban J connectivity index is 1.71. The van der Waals surface area contributed by atoms with Crippen molar-refractivity contribution in [2.45, 2.75) is 79.5 Å². The third kappa shape index (κ3) is 8.80. The molecule has 5 N–H and O–H groups in total. The SMILES string of the molecule is CO[C@H]1/C=C/O[C@@]2(C)Oc3c(C)c(O)c4c(O)c(c(/C=N/N5CCN(C)CC5)c(O)c4c3C2=O)NC(=O)/C(C)=C\C=C\[C@H](C)[C@H](O)[C@@H](C)C(=O)[C@@H](C)[C@H](OC(C)=O)[C@@H]1C. The first-order valence-corrected chi connectivity index (χ1v) is 19.6. The fourth-order valence-electron chi connectivity index (χ4n) is 7.74. The standard InChI is InChI=1S/C43H56N4O12/c1-21-12-11-13-22(2)42(55)45-33-28(20-44-47-17-15-46(9)16-18-47)37(52)30-31(38(33)53)36(51)26(6)40-32(30)41(54)43(8,59-40)57-19-14-29(56-10)23(3)39(58-27(7)48)25(5)35(50)24(4)34(21)49/h11-14,19-21,23-25,29,34,39,49,51-53H,15-18H2,1-10H3,(H,45,55)/b12-11+,19-14+,22-13-,44-20+/t21-,23+,24+,25+,29-,34-,39+,43-/m0/s1. The Hall–Kier alpha value is -5.45.